The van der Waals surface area contributed by atoms with E-state index in [-0.39, 0.29) is 30.8 Å². The highest BCUT2D eigenvalue weighted by Gasteiger charge is 2.40. The minimum Gasteiger partial charge on any atom is -0.490 e. The zero-order valence-electron chi connectivity index (χ0n) is 21.8. The number of hydrogen-bond donors (Lipinski definition) is 3. The highest BCUT2D eigenvalue weighted by Crippen LogP contribution is 2.32. The molecule has 3 aromatic carbocycles. The Morgan fingerprint density at radius 1 is 1.10 bits per heavy atom. The standard InChI is InChI=1S/C30H33N3O5S/c1-39(37)27-17-23(21-9-11-22(12-10-21)29(31)32)13-14-26(27)38-19-25-16-24(18-28(34)35)30(36)33(25)15-5-8-20-6-3-2-4-7-20/h2-4,6-7,9-14,17,24-25H,5,8,15-16,18-19H2,1H3,(H3,31,32)(H,34,35)/t24-,25-,39?/m0/s1. The first kappa shape index (κ1) is 28.0. The van der Waals surface area contributed by atoms with Gasteiger partial charge in [-0.3, -0.25) is 19.2 Å². The van der Waals surface area contributed by atoms with Crippen molar-refractivity contribution in [3.05, 3.63) is 83.9 Å². The van der Waals surface area contributed by atoms with Crippen molar-refractivity contribution in [2.24, 2.45) is 11.7 Å². The first-order valence-corrected chi connectivity index (χ1v) is 14.4. The highest BCUT2D eigenvalue weighted by atomic mass is 32.2. The number of rotatable bonds is 12. The van der Waals surface area contributed by atoms with Gasteiger partial charge in [-0.05, 0) is 48.1 Å². The van der Waals surface area contributed by atoms with Crippen LogP contribution in [0.4, 0.5) is 0 Å². The summed E-state index contributed by atoms with van der Waals surface area (Å²) in [5, 5.41) is 16.9. The van der Waals surface area contributed by atoms with Gasteiger partial charge in [-0.2, -0.15) is 0 Å². The normalized spacial score (nSPS) is 17.7. The largest absolute Gasteiger partial charge is 0.490 e. The highest BCUT2D eigenvalue weighted by molar-refractivity contribution is 7.84. The van der Waals surface area contributed by atoms with E-state index in [0.717, 1.165) is 24.0 Å². The third-order valence-corrected chi connectivity index (χ3v) is 7.91. The number of hydrogen-bond acceptors (Lipinski definition) is 5. The summed E-state index contributed by atoms with van der Waals surface area (Å²) in [5.74, 6) is -1.26. The molecule has 1 fully saturated rings. The van der Waals surface area contributed by atoms with Crippen molar-refractivity contribution in [3.8, 4) is 16.9 Å². The average Bonchev–Trinajstić information content (AvgIpc) is 3.21. The van der Waals surface area contributed by atoms with Crippen LogP contribution >= 0.6 is 0 Å². The van der Waals surface area contributed by atoms with E-state index in [1.807, 2.05) is 54.6 Å². The number of nitrogen functional groups attached to an aromatic ring is 1. The van der Waals surface area contributed by atoms with Gasteiger partial charge in [0, 0.05) is 18.4 Å². The molecular weight excluding hydrogens is 514 g/mol. The van der Waals surface area contributed by atoms with Gasteiger partial charge < -0.3 is 20.5 Å². The molecule has 0 bridgehead atoms. The molecule has 204 valence electrons. The predicted molar refractivity (Wildman–Crippen MR) is 151 cm³/mol. The molecule has 0 spiro atoms. The van der Waals surface area contributed by atoms with Gasteiger partial charge in [-0.15, -0.1) is 0 Å². The lowest BCUT2D eigenvalue weighted by Crippen LogP contribution is -2.38. The fraction of sp³-hybridized carbons (Fsp3) is 0.300. The molecule has 1 aliphatic heterocycles. The smallest absolute Gasteiger partial charge is 0.304 e. The number of carboxylic acids is 1. The molecule has 0 aliphatic carbocycles. The summed E-state index contributed by atoms with van der Waals surface area (Å²) in [4.78, 5) is 26.7. The fourth-order valence-electron chi connectivity index (χ4n) is 4.96. The van der Waals surface area contributed by atoms with Crippen LogP contribution in [0.15, 0.2) is 77.7 Å². The number of nitrogens with two attached hydrogens (primary N) is 1. The molecule has 4 N–H and O–H groups in total. The van der Waals surface area contributed by atoms with Crippen molar-refractivity contribution in [3.63, 3.8) is 0 Å². The van der Waals surface area contributed by atoms with Crippen LogP contribution in [0.1, 0.15) is 30.4 Å². The molecule has 3 atom stereocenters. The number of likely N-dealkylation sites (tertiary alicyclic amines) is 1. The first-order chi connectivity index (χ1) is 18.7. The van der Waals surface area contributed by atoms with E-state index >= 15 is 0 Å². The van der Waals surface area contributed by atoms with E-state index in [4.69, 9.17) is 15.9 Å². The van der Waals surface area contributed by atoms with E-state index in [1.165, 1.54) is 5.56 Å². The monoisotopic (exact) mass is 547 g/mol. The second kappa shape index (κ2) is 12.7. The number of carbonyl (C=O) groups is 2. The lowest BCUT2D eigenvalue weighted by atomic mass is 10.0. The second-order valence-corrected chi connectivity index (χ2v) is 11.1. The average molecular weight is 548 g/mol. The molecule has 39 heavy (non-hydrogen) atoms. The summed E-state index contributed by atoms with van der Waals surface area (Å²) in [7, 11) is -1.33. The SMILES string of the molecule is CS(=O)c1cc(-c2ccc(C(=N)N)cc2)ccc1OC[C@@H]1C[C@@H](CC(=O)O)C(=O)N1CCCc1ccccc1. The van der Waals surface area contributed by atoms with E-state index in [9.17, 15) is 18.9 Å². The number of carboxylic acid groups (broad SMARTS) is 1. The Balaban J connectivity index is 1.48. The van der Waals surface area contributed by atoms with Crippen molar-refractivity contribution in [2.45, 2.75) is 36.6 Å². The van der Waals surface area contributed by atoms with Crippen LogP contribution in [-0.2, 0) is 26.8 Å². The molecule has 8 nitrogen and oxygen atoms in total. The Morgan fingerprint density at radius 2 is 1.79 bits per heavy atom. The Morgan fingerprint density at radius 3 is 2.44 bits per heavy atom. The number of aliphatic carboxylic acids is 1. The quantitative estimate of drug-likeness (QED) is 0.231. The van der Waals surface area contributed by atoms with Gasteiger partial charge in [0.1, 0.15) is 18.2 Å². The molecule has 3 aromatic rings. The zero-order chi connectivity index (χ0) is 27.9. The predicted octanol–water partition coefficient (Wildman–Crippen LogP) is 4.08. The van der Waals surface area contributed by atoms with Crippen LogP contribution in [-0.4, -0.2) is 57.4 Å². The minimum absolute atomic E-state index is 0.00857. The molecule has 1 heterocycles. The van der Waals surface area contributed by atoms with Crippen molar-refractivity contribution >= 4 is 28.5 Å². The van der Waals surface area contributed by atoms with Crippen LogP contribution < -0.4 is 10.5 Å². The van der Waals surface area contributed by atoms with Gasteiger partial charge in [0.15, 0.2) is 0 Å². The van der Waals surface area contributed by atoms with Crippen LogP contribution in [0.3, 0.4) is 0 Å². The maximum atomic E-state index is 13.1. The number of ether oxygens (including phenoxy) is 1. The number of nitrogens with zero attached hydrogens (tertiary/aromatic N) is 1. The Labute approximate surface area is 230 Å². The number of aryl methyl sites for hydroxylation is 1. The summed E-state index contributed by atoms with van der Waals surface area (Å²) < 4.78 is 18.8. The number of nitrogens with one attached hydrogen (secondary N) is 1. The van der Waals surface area contributed by atoms with Crippen molar-refractivity contribution in [2.75, 3.05) is 19.4 Å². The minimum atomic E-state index is -1.33. The van der Waals surface area contributed by atoms with Crippen LogP contribution in [0.5, 0.6) is 5.75 Å². The molecule has 4 rings (SSSR count). The Kier molecular flexibility index (Phi) is 9.14. The Bertz CT molecular complexity index is 1360. The van der Waals surface area contributed by atoms with Gasteiger partial charge in [0.05, 0.1) is 34.1 Å². The summed E-state index contributed by atoms with van der Waals surface area (Å²) in [6, 6.07) is 22.5. The maximum Gasteiger partial charge on any atom is 0.304 e. The summed E-state index contributed by atoms with van der Waals surface area (Å²) in [6.45, 7) is 0.698. The second-order valence-electron chi connectivity index (χ2n) is 9.72. The van der Waals surface area contributed by atoms with Gasteiger partial charge in [-0.25, -0.2) is 0 Å². The van der Waals surface area contributed by atoms with Crippen LogP contribution in [0.2, 0.25) is 0 Å². The van der Waals surface area contributed by atoms with Crippen LogP contribution in [0.25, 0.3) is 11.1 Å². The van der Waals surface area contributed by atoms with Gasteiger partial charge in [0.2, 0.25) is 5.91 Å². The molecular formula is C30H33N3O5S. The van der Waals surface area contributed by atoms with Crippen molar-refractivity contribution < 1.29 is 23.6 Å². The van der Waals surface area contributed by atoms with Crippen molar-refractivity contribution in [1.82, 2.24) is 4.90 Å². The number of benzene rings is 3. The lowest BCUT2D eigenvalue weighted by Gasteiger charge is -2.25. The molecule has 9 heteroatoms. The fourth-order valence-corrected chi connectivity index (χ4v) is 5.66. The van der Waals surface area contributed by atoms with Gasteiger partial charge >= 0.3 is 5.97 Å². The number of amidine groups is 1. The maximum absolute atomic E-state index is 13.1. The van der Waals surface area contributed by atoms with Gasteiger partial charge in [0.25, 0.3) is 0 Å². The number of amides is 1. The van der Waals surface area contributed by atoms with E-state index in [1.54, 1.807) is 29.4 Å². The Hall–Kier alpha value is -3.98. The molecule has 1 amide bonds. The van der Waals surface area contributed by atoms with Crippen molar-refractivity contribution in [1.29, 1.82) is 5.41 Å². The molecule has 1 saturated heterocycles. The third kappa shape index (κ3) is 7.11. The summed E-state index contributed by atoms with van der Waals surface area (Å²) in [5.41, 5.74) is 9.10. The summed E-state index contributed by atoms with van der Waals surface area (Å²) >= 11 is 0. The zero-order valence-corrected chi connectivity index (χ0v) is 22.7. The number of carbonyl (C=O) groups excluding carboxylic acids is 1. The molecule has 0 radical (unpaired) electrons. The molecule has 0 aromatic heterocycles. The molecule has 1 unspecified atom stereocenters. The van der Waals surface area contributed by atoms with Gasteiger partial charge in [-0.1, -0.05) is 60.7 Å². The van der Waals surface area contributed by atoms with Crippen LogP contribution in [0, 0.1) is 11.3 Å². The van der Waals surface area contributed by atoms with E-state index in [2.05, 4.69) is 0 Å². The first-order valence-electron chi connectivity index (χ1n) is 12.8. The van der Waals surface area contributed by atoms with E-state index < -0.39 is 22.7 Å². The summed E-state index contributed by atoms with van der Waals surface area (Å²) in [6.07, 6.45) is 3.36. The molecule has 1 aliphatic rings. The molecule has 0 saturated carbocycles. The third-order valence-electron chi connectivity index (χ3n) is 6.97. The topological polar surface area (TPSA) is 134 Å². The van der Waals surface area contributed by atoms with E-state index in [0.29, 0.717) is 29.2 Å². The lowest BCUT2D eigenvalue weighted by molar-refractivity contribution is -0.142.